The van der Waals surface area contributed by atoms with Gasteiger partial charge in [-0.3, -0.25) is 0 Å². The van der Waals surface area contributed by atoms with Gasteiger partial charge >= 0.3 is 0 Å². The molecule has 2 aromatic carbocycles. The molecule has 0 bridgehead atoms. The lowest BCUT2D eigenvalue weighted by atomic mass is 10.1. The number of halogens is 2. The van der Waals surface area contributed by atoms with Crippen LogP contribution in [0.3, 0.4) is 0 Å². The van der Waals surface area contributed by atoms with Gasteiger partial charge in [0.2, 0.25) is 0 Å². The highest BCUT2D eigenvalue weighted by Gasteiger charge is 2.08. The molecule has 4 heteroatoms. The molecule has 0 aliphatic rings. The Kier molecular flexibility index (Phi) is 3.72. The van der Waals surface area contributed by atoms with E-state index in [9.17, 15) is 4.39 Å². The zero-order valence-corrected chi connectivity index (χ0v) is 10.7. The SMILES string of the molecule is CC(Nc1cccc(Cl)c1N)c1ccc(F)cc1. The molecule has 1 atom stereocenters. The van der Waals surface area contributed by atoms with Crippen molar-refractivity contribution >= 4 is 23.0 Å². The van der Waals surface area contributed by atoms with Gasteiger partial charge in [-0.2, -0.15) is 0 Å². The highest BCUT2D eigenvalue weighted by Crippen LogP contribution is 2.29. The lowest BCUT2D eigenvalue weighted by Gasteiger charge is -2.17. The average Bonchev–Trinajstić information content (AvgIpc) is 2.36. The second-order valence-electron chi connectivity index (χ2n) is 4.12. The van der Waals surface area contributed by atoms with Crippen molar-refractivity contribution in [3.8, 4) is 0 Å². The van der Waals surface area contributed by atoms with Gasteiger partial charge in [0.05, 0.1) is 16.4 Å². The van der Waals surface area contributed by atoms with Crippen LogP contribution >= 0.6 is 11.6 Å². The van der Waals surface area contributed by atoms with Gasteiger partial charge in [-0.15, -0.1) is 0 Å². The highest BCUT2D eigenvalue weighted by atomic mass is 35.5. The van der Waals surface area contributed by atoms with Gasteiger partial charge in [0.1, 0.15) is 5.82 Å². The van der Waals surface area contributed by atoms with E-state index in [1.54, 1.807) is 18.2 Å². The Hall–Kier alpha value is -1.74. The van der Waals surface area contributed by atoms with E-state index in [-0.39, 0.29) is 11.9 Å². The minimum Gasteiger partial charge on any atom is -0.396 e. The van der Waals surface area contributed by atoms with Gasteiger partial charge in [0, 0.05) is 6.04 Å². The smallest absolute Gasteiger partial charge is 0.123 e. The van der Waals surface area contributed by atoms with Crippen molar-refractivity contribution in [2.24, 2.45) is 0 Å². The summed E-state index contributed by atoms with van der Waals surface area (Å²) in [5, 5.41) is 3.77. The van der Waals surface area contributed by atoms with Crippen LogP contribution < -0.4 is 11.1 Å². The standard InChI is InChI=1S/C14H14ClFN2/c1-9(10-5-7-11(16)8-6-10)18-13-4-2-3-12(15)14(13)17/h2-9,18H,17H2,1H3. The fourth-order valence-electron chi connectivity index (χ4n) is 1.73. The van der Waals surface area contributed by atoms with Gasteiger partial charge in [-0.25, -0.2) is 4.39 Å². The van der Waals surface area contributed by atoms with Crippen LogP contribution in [-0.2, 0) is 0 Å². The molecule has 0 aromatic heterocycles. The molecule has 0 spiro atoms. The van der Waals surface area contributed by atoms with E-state index in [0.717, 1.165) is 11.3 Å². The van der Waals surface area contributed by atoms with Crippen LogP contribution in [0.2, 0.25) is 5.02 Å². The predicted octanol–water partition coefficient (Wildman–Crippen LogP) is 4.23. The minimum absolute atomic E-state index is 0.0198. The molecule has 0 amide bonds. The van der Waals surface area contributed by atoms with E-state index >= 15 is 0 Å². The van der Waals surface area contributed by atoms with Crippen LogP contribution in [0.5, 0.6) is 0 Å². The molecule has 0 saturated carbocycles. The molecule has 2 nitrogen and oxygen atoms in total. The molecule has 2 rings (SSSR count). The maximum absolute atomic E-state index is 12.8. The molecule has 0 saturated heterocycles. The largest absolute Gasteiger partial charge is 0.396 e. The second kappa shape index (κ2) is 5.27. The average molecular weight is 265 g/mol. The summed E-state index contributed by atoms with van der Waals surface area (Å²) in [6, 6.07) is 11.8. The number of para-hydroxylation sites is 1. The van der Waals surface area contributed by atoms with Gasteiger partial charge in [-0.1, -0.05) is 29.8 Å². The summed E-state index contributed by atoms with van der Waals surface area (Å²) in [5.41, 5.74) is 8.16. The molecule has 0 heterocycles. The van der Waals surface area contributed by atoms with E-state index in [1.807, 2.05) is 19.1 Å². The quantitative estimate of drug-likeness (QED) is 0.814. The number of anilines is 2. The van der Waals surface area contributed by atoms with Crippen LogP contribution in [0, 0.1) is 5.82 Å². The summed E-state index contributed by atoms with van der Waals surface area (Å²) >= 11 is 5.95. The number of nitrogen functional groups attached to an aromatic ring is 1. The minimum atomic E-state index is -0.242. The molecular weight excluding hydrogens is 251 g/mol. The number of rotatable bonds is 3. The first-order chi connectivity index (χ1) is 8.58. The summed E-state index contributed by atoms with van der Waals surface area (Å²) < 4.78 is 12.8. The number of nitrogens with two attached hydrogens (primary N) is 1. The van der Waals surface area contributed by atoms with E-state index < -0.39 is 0 Å². The van der Waals surface area contributed by atoms with Crippen molar-refractivity contribution in [1.82, 2.24) is 0 Å². The molecule has 94 valence electrons. The number of hydrogen-bond donors (Lipinski definition) is 2. The van der Waals surface area contributed by atoms with Crippen molar-refractivity contribution in [3.05, 3.63) is 58.9 Å². The molecule has 0 aliphatic carbocycles. The third-order valence-corrected chi connectivity index (χ3v) is 3.12. The lowest BCUT2D eigenvalue weighted by Crippen LogP contribution is -2.08. The third-order valence-electron chi connectivity index (χ3n) is 2.79. The summed E-state index contributed by atoms with van der Waals surface area (Å²) in [7, 11) is 0. The summed E-state index contributed by atoms with van der Waals surface area (Å²) in [6.07, 6.45) is 0. The zero-order valence-electron chi connectivity index (χ0n) is 9.95. The van der Waals surface area contributed by atoms with Crippen molar-refractivity contribution in [2.45, 2.75) is 13.0 Å². The van der Waals surface area contributed by atoms with Crippen LogP contribution in [0.1, 0.15) is 18.5 Å². The Morgan fingerprint density at radius 2 is 1.83 bits per heavy atom. The molecular formula is C14H14ClFN2. The molecule has 2 aromatic rings. The van der Waals surface area contributed by atoms with Gasteiger partial charge in [0.25, 0.3) is 0 Å². The fourth-order valence-corrected chi connectivity index (χ4v) is 1.91. The van der Waals surface area contributed by atoms with Crippen LogP contribution in [0.4, 0.5) is 15.8 Å². The maximum atomic E-state index is 12.8. The topological polar surface area (TPSA) is 38.0 Å². The van der Waals surface area contributed by atoms with Crippen molar-refractivity contribution in [1.29, 1.82) is 0 Å². The van der Waals surface area contributed by atoms with Crippen LogP contribution in [-0.4, -0.2) is 0 Å². The first-order valence-corrected chi connectivity index (χ1v) is 6.01. The van der Waals surface area contributed by atoms with Crippen LogP contribution in [0.25, 0.3) is 0 Å². The Morgan fingerprint density at radius 1 is 1.17 bits per heavy atom. The van der Waals surface area contributed by atoms with Crippen molar-refractivity contribution < 1.29 is 4.39 Å². The Labute approximate surface area is 111 Å². The third kappa shape index (κ3) is 2.74. The first-order valence-electron chi connectivity index (χ1n) is 5.64. The van der Waals surface area contributed by atoms with Gasteiger partial charge < -0.3 is 11.1 Å². The normalized spacial score (nSPS) is 12.2. The second-order valence-corrected chi connectivity index (χ2v) is 4.53. The molecule has 3 N–H and O–H groups in total. The lowest BCUT2D eigenvalue weighted by molar-refractivity contribution is 0.626. The summed E-state index contributed by atoms with van der Waals surface area (Å²) in [6.45, 7) is 1.98. The van der Waals surface area contributed by atoms with Crippen molar-refractivity contribution in [2.75, 3.05) is 11.1 Å². The Balaban J connectivity index is 2.18. The number of nitrogens with one attached hydrogen (secondary N) is 1. The zero-order chi connectivity index (χ0) is 13.1. The molecule has 0 radical (unpaired) electrons. The first kappa shape index (κ1) is 12.7. The van der Waals surface area contributed by atoms with Gasteiger partial charge in [0.15, 0.2) is 0 Å². The van der Waals surface area contributed by atoms with E-state index in [4.69, 9.17) is 17.3 Å². The monoisotopic (exact) mass is 264 g/mol. The molecule has 0 aliphatic heterocycles. The van der Waals surface area contributed by atoms with E-state index in [1.165, 1.54) is 12.1 Å². The maximum Gasteiger partial charge on any atom is 0.123 e. The highest BCUT2D eigenvalue weighted by molar-refractivity contribution is 6.33. The molecule has 1 unspecified atom stereocenters. The Bertz CT molecular complexity index is 540. The molecule has 0 fully saturated rings. The van der Waals surface area contributed by atoms with Crippen molar-refractivity contribution in [3.63, 3.8) is 0 Å². The predicted molar refractivity (Wildman–Crippen MR) is 74.3 cm³/mol. The Morgan fingerprint density at radius 3 is 2.50 bits per heavy atom. The fraction of sp³-hybridized carbons (Fsp3) is 0.143. The van der Waals surface area contributed by atoms with Crippen LogP contribution in [0.15, 0.2) is 42.5 Å². The molecule has 18 heavy (non-hydrogen) atoms. The van der Waals surface area contributed by atoms with E-state index in [0.29, 0.717) is 10.7 Å². The number of hydrogen-bond acceptors (Lipinski definition) is 2. The van der Waals surface area contributed by atoms with Gasteiger partial charge in [-0.05, 0) is 36.8 Å². The number of benzene rings is 2. The summed E-state index contributed by atoms with van der Waals surface area (Å²) in [5.74, 6) is -0.242. The van der Waals surface area contributed by atoms with E-state index in [2.05, 4.69) is 5.32 Å². The summed E-state index contributed by atoms with van der Waals surface area (Å²) in [4.78, 5) is 0.